The number of hydrogen-bond donors (Lipinski definition) is 1. The van der Waals surface area contributed by atoms with E-state index in [0.29, 0.717) is 17.5 Å². The molecule has 2 heterocycles. The Kier molecular flexibility index (Phi) is 8.79. The topological polar surface area (TPSA) is 82.5 Å². The molecule has 0 amide bonds. The van der Waals surface area contributed by atoms with Crippen LogP contribution in [0.5, 0.6) is 0 Å². The third-order valence-corrected chi connectivity index (χ3v) is 10.0. The lowest BCUT2D eigenvalue weighted by Crippen LogP contribution is -2.18. The molecule has 7 aromatic carbocycles. The van der Waals surface area contributed by atoms with Crippen molar-refractivity contribution < 1.29 is 0 Å². The van der Waals surface area contributed by atoms with E-state index in [1.165, 1.54) is 0 Å². The first-order valence-corrected chi connectivity index (χ1v) is 18.8. The lowest BCUT2D eigenvalue weighted by molar-refractivity contribution is 0.539. The van der Waals surface area contributed by atoms with Gasteiger partial charge in [-0.25, -0.2) is 19.9 Å². The van der Waals surface area contributed by atoms with Crippen molar-refractivity contribution in [2.24, 2.45) is 0 Å². The summed E-state index contributed by atoms with van der Waals surface area (Å²) in [4.78, 5) is 20.1. The van der Waals surface area contributed by atoms with E-state index in [1.807, 2.05) is 54.6 Å². The Hall–Kier alpha value is -7.18. The van der Waals surface area contributed by atoms with Gasteiger partial charge in [0.05, 0.1) is 11.0 Å². The average molecular weight is 725 g/mol. The van der Waals surface area contributed by atoms with Crippen LogP contribution in [0.4, 0.5) is 5.69 Å². The first-order chi connectivity index (χ1) is 27.3. The van der Waals surface area contributed by atoms with E-state index in [9.17, 15) is 0 Å². The van der Waals surface area contributed by atoms with Gasteiger partial charge in [0, 0.05) is 33.5 Å². The SMILES string of the molecule is CC(C)(C)c1nc2ccccc2n1-c1cccc(-c2ccc(-c3nc(-c4ccccc4)nc(-c4cccc(-c5ccc(-c6cccc(N)c6)cc5)c4)n3)cc2)c1. The van der Waals surface area contributed by atoms with Gasteiger partial charge in [-0.2, -0.15) is 0 Å². The second-order valence-corrected chi connectivity index (χ2v) is 15.1. The number of aromatic nitrogens is 5. The van der Waals surface area contributed by atoms with Crippen molar-refractivity contribution in [1.82, 2.24) is 24.5 Å². The molecule has 0 aliphatic heterocycles. The monoisotopic (exact) mass is 724 g/mol. The highest BCUT2D eigenvalue weighted by molar-refractivity contribution is 5.80. The Morgan fingerprint density at radius 1 is 0.393 bits per heavy atom. The maximum atomic E-state index is 6.05. The molecule has 0 fully saturated rings. The fraction of sp³-hybridized carbons (Fsp3) is 0.0800. The molecule has 9 aromatic rings. The van der Waals surface area contributed by atoms with Crippen LogP contribution in [-0.2, 0) is 5.41 Å². The van der Waals surface area contributed by atoms with Gasteiger partial charge in [0.1, 0.15) is 5.82 Å². The minimum atomic E-state index is -0.135. The van der Waals surface area contributed by atoms with Crippen LogP contribution in [0.2, 0.25) is 0 Å². The molecule has 0 saturated heterocycles. The molecule has 0 spiro atoms. The van der Waals surface area contributed by atoms with Crippen LogP contribution >= 0.6 is 0 Å². The minimum Gasteiger partial charge on any atom is -0.399 e. The zero-order valence-corrected chi connectivity index (χ0v) is 31.6. The molecular weight excluding hydrogens is 685 g/mol. The average Bonchev–Trinajstić information content (AvgIpc) is 3.65. The molecule has 0 bridgehead atoms. The molecule has 2 N–H and O–H groups in total. The summed E-state index contributed by atoms with van der Waals surface area (Å²) in [7, 11) is 0. The first kappa shape index (κ1) is 34.6. The van der Waals surface area contributed by atoms with Crippen LogP contribution in [0.15, 0.2) is 176 Å². The Morgan fingerprint density at radius 2 is 0.857 bits per heavy atom. The highest BCUT2D eigenvalue weighted by atomic mass is 15.1. The van der Waals surface area contributed by atoms with E-state index in [2.05, 4.69) is 147 Å². The molecule has 0 unspecified atom stereocenters. The van der Waals surface area contributed by atoms with Crippen molar-refractivity contribution in [2.75, 3.05) is 5.73 Å². The molecule has 0 aliphatic carbocycles. The molecule has 6 heteroatoms. The lowest BCUT2D eigenvalue weighted by Gasteiger charge is -2.20. The molecule has 270 valence electrons. The normalized spacial score (nSPS) is 11.6. The Morgan fingerprint density at radius 3 is 1.48 bits per heavy atom. The number of nitrogen functional groups attached to an aromatic ring is 1. The second-order valence-electron chi connectivity index (χ2n) is 15.1. The third-order valence-electron chi connectivity index (χ3n) is 10.0. The van der Waals surface area contributed by atoms with E-state index in [0.717, 1.165) is 78.3 Å². The molecule has 2 aromatic heterocycles. The molecule has 56 heavy (non-hydrogen) atoms. The number of nitrogens with zero attached hydrogens (tertiary/aromatic N) is 5. The summed E-state index contributed by atoms with van der Waals surface area (Å²) < 4.78 is 2.29. The van der Waals surface area contributed by atoms with Crippen LogP contribution in [0.25, 0.3) is 84.3 Å². The van der Waals surface area contributed by atoms with Gasteiger partial charge in [0.2, 0.25) is 0 Å². The fourth-order valence-electron chi connectivity index (χ4n) is 7.19. The maximum Gasteiger partial charge on any atom is 0.164 e. The highest BCUT2D eigenvalue weighted by Crippen LogP contribution is 2.34. The Labute approximate surface area is 327 Å². The minimum absolute atomic E-state index is 0.135. The summed E-state index contributed by atoms with van der Waals surface area (Å²) in [6.45, 7) is 6.63. The molecule has 0 aliphatic rings. The van der Waals surface area contributed by atoms with Crippen molar-refractivity contribution in [2.45, 2.75) is 26.2 Å². The lowest BCUT2D eigenvalue weighted by atomic mass is 9.95. The third kappa shape index (κ3) is 6.85. The predicted molar refractivity (Wildman–Crippen MR) is 230 cm³/mol. The van der Waals surface area contributed by atoms with Crippen molar-refractivity contribution in [1.29, 1.82) is 0 Å². The van der Waals surface area contributed by atoms with Gasteiger partial charge < -0.3 is 5.73 Å². The number of fused-ring (bicyclic) bond motifs is 1. The zero-order chi connectivity index (χ0) is 38.2. The van der Waals surface area contributed by atoms with Crippen molar-refractivity contribution in [3.05, 3.63) is 182 Å². The van der Waals surface area contributed by atoms with Gasteiger partial charge in [-0.1, -0.05) is 154 Å². The van der Waals surface area contributed by atoms with Crippen LogP contribution in [0.3, 0.4) is 0 Å². The zero-order valence-electron chi connectivity index (χ0n) is 31.6. The number of rotatable bonds is 7. The van der Waals surface area contributed by atoms with Gasteiger partial charge in [-0.3, -0.25) is 4.57 Å². The molecule has 0 radical (unpaired) electrons. The number of benzene rings is 7. The molecule has 0 atom stereocenters. The number of anilines is 1. The molecule has 0 saturated carbocycles. The quantitative estimate of drug-likeness (QED) is 0.165. The summed E-state index contributed by atoms with van der Waals surface area (Å²) in [6, 6.07) is 60.5. The maximum absolute atomic E-state index is 6.05. The summed E-state index contributed by atoms with van der Waals surface area (Å²) >= 11 is 0. The fourth-order valence-corrected chi connectivity index (χ4v) is 7.19. The van der Waals surface area contributed by atoms with Crippen LogP contribution in [0.1, 0.15) is 26.6 Å². The van der Waals surface area contributed by atoms with E-state index in [4.69, 9.17) is 25.7 Å². The van der Waals surface area contributed by atoms with Gasteiger partial charge in [-0.05, 0) is 75.8 Å². The predicted octanol–water partition coefficient (Wildman–Crippen LogP) is 12.1. The Bertz CT molecular complexity index is 2830. The van der Waals surface area contributed by atoms with Crippen LogP contribution in [-0.4, -0.2) is 24.5 Å². The first-order valence-electron chi connectivity index (χ1n) is 18.8. The summed E-state index contributed by atoms with van der Waals surface area (Å²) in [5.74, 6) is 2.89. The second kappa shape index (κ2) is 14.2. The number of nitrogens with two attached hydrogens (primary N) is 1. The summed E-state index contributed by atoms with van der Waals surface area (Å²) in [6.07, 6.45) is 0. The van der Waals surface area contributed by atoms with Crippen molar-refractivity contribution in [3.63, 3.8) is 0 Å². The molecular formula is C50H40N6. The number of imidazole rings is 1. The van der Waals surface area contributed by atoms with Crippen molar-refractivity contribution in [3.8, 4) is 73.2 Å². The van der Waals surface area contributed by atoms with E-state index in [1.54, 1.807) is 0 Å². The van der Waals surface area contributed by atoms with Crippen molar-refractivity contribution >= 4 is 16.7 Å². The van der Waals surface area contributed by atoms with Gasteiger partial charge >= 0.3 is 0 Å². The standard InChI is InChI=1S/C50H40N6/c1-50(2,3)49-52-44-20-7-8-21-45(44)56(49)43-19-11-16-40(32-43)35-26-28-37(29-27-35)47-53-46(36-12-5-4-6-13-36)54-48(55-47)41-17-9-14-38(30-41)33-22-24-34(25-23-33)39-15-10-18-42(51)31-39/h4-32H,51H2,1-3H3. The summed E-state index contributed by atoms with van der Waals surface area (Å²) in [5.41, 5.74) is 19.2. The number of para-hydroxylation sites is 2. The van der Waals surface area contributed by atoms with Gasteiger partial charge in [0.15, 0.2) is 17.5 Å². The smallest absolute Gasteiger partial charge is 0.164 e. The van der Waals surface area contributed by atoms with Crippen LogP contribution < -0.4 is 5.73 Å². The largest absolute Gasteiger partial charge is 0.399 e. The molecule has 9 rings (SSSR count). The van der Waals surface area contributed by atoms with Gasteiger partial charge in [-0.15, -0.1) is 0 Å². The highest BCUT2D eigenvalue weighted by Gasteiger charge is 2.24. The van der Waals surface area contributed by atoms with Crippen LogP contribution in [0, 0.1) is 0 Å². The van der Waals surface area contributed by atoms with E-state index in [-0.39, 0.29) is 5.41 Å². The molecule has 6 nitrogen and oxygen atoms in total. The Balaban J connectivity index is 1.06. The van der Waals surface area contributed by atoms with E-state index >= 15 is 0 Å². The van der Waals surface area contributed by atoms with Gasteiger partial charge in [0.25, 0.3) is 0 Å². The number of hydrogen-bond acceptors (Lipinski definition) is 5. The van der Waals surface area contributed by atoms with E-state index < -0.39 is 0 Å². The summed E-state index contributed by atoms with van der Waals surface area (Å²) in [5, 5.41) is 0.